The van der Waals surface area contributed by atoms with E-state index in [4.69, 9.17) is 0 Å². The predicted molar refractivity (Wildman–Crippen MR) is 59.7 cm³/mol. The van der Waals surface area contributed by atoms with Crippen LogP contribution in [0.2, 0.25) is 0 Å². The predicted octanol–water partition coefficient (Wildman–Crippen LogP) is 1.15. The van der Waals surface area contributed by atoms with Crippen molar-refractivity contribution in [3.63, 3.8) is 0 Å². The molecule has 6 heteroatoms. The van der Waals surface area contributed by atoms with Crippen molar-refractivity contribution in [3.8, 4) is 0 Å². The Morgan fingerprint density at radius 1 is 1.50 bits per heavy atom. The summed E-state index contributed by atoms with van der Waals surface area (Å²) < 4.78 is 4.72. The van der Waals surface area contributed by atoms with Crippen LogP contribution in [0.5, 0.6) is 0 Å². The van der Waals surface area contributed by atoms with Crippen LogP contribution in [0, 0.1) is 3.70 Å². The van der Waals surface area contributed by atoms with Crippen molar-refractivity contribution in [2.24, 2.45) is 0 Å². The molecule has 74 valence electrons. The van der Waals surface area contributed by atoms with Gasteiger partial charge in [0.25, 0.3) is 0 Å². The zero-order chi connectivity index (χ0) is 9.97. The molecule has 2 rings (SSSR count). The number of aromatic nitrogens is 5. The van der Waals surface area contributed by atoms with Crippen molar-refractivity contribution >= 4 is 22.6 Å². The second-order valence-corrected chi connectivity index (χ2v) is 3.93. The molecule has 0 atom stereocenters. The van der Waals surface area contributed by atoms with Crippen LogP contribution in [-0.2, 0) is 13.1 Å². The van der Waals surface area contributed by atoms with Gasteiger partial charge in [0.1, 0.15) is 22.4 Å². The third-order valence-corrected chi connectivity index (χ3v) is 2.48. The standard InChI is InChI=1S/C8H10IN5/c1-2-14-8(10-6-11-14)5-13-4-3-7(9)12-13/h3-4,6H,2,5H2,1H3. The number of rotatable bonds is 3. The number of aryl methyl sites for hydroxylation is 1. The van der Waals surface area contributed by atoms with Crippen molar-refractivity contribution < 1.29 is 0 Å². The van der Waals surface area contributed by atoms with Gasteiger partial charge in [-0.2, -0.15) is 10.2 Å². The van der Waals surface area contributed by atoms with Gasteiger partial charge in [-0.15, -0.1) is 0 Å². The summed E-state index contributed by atoms with van der Waals surface area (Å²) in [5.74, 6) is 0.937. The van der Waals surface area contributed by atoms with E-state index in [0.29, 0.717) is 6.54 Å². The minimum atomic E-state index is 0.677. The van der Waals surface area contributed by atoms with E-state index in [1.54, 1.807) is 6.33 Å². The highest BCUT2D eigenvalue weighted by atomic mass is 127. The summed E-state index contributed by atoms with van der Waals surface area (Å²) >= 11 is 2.19. The van der Waals surface area contributed by atoms with Gasteiger partial charge in [0.15, 0.2) is 0 Å². The Bertz CT molecular complexity index is 419. The molecule has 0 saturated heterocycles. The lowest BCUT2D eigenvalue weighted by atomic mass is 10.5. The van der Waals surface area contributed by atoms with Crippen LogP contribution in [0.4, 0.5) is 0 Å². The van der Waals surface area contributed by atoms with Gasteiger partial charge in [-0.3, -0.25) is 4.68 Å². The Morgan fingerprint density at radius 2 is 2.36 bits per heavy atom. The van der Waals surface area contributed by atoms with E-state index >= 15 is 0 Å². The van der Waals surface area contributed by atoms with Crippen molar-refractivity contribution in [3.05, 3.63) is 28.1 Å². The smallest absolute Gasteiger partial charge is 0.148 e. The van der Waals surface area contributed by atoms with Gasteiger partial charge in [0.2, 0.25) is 0 Å². The molecule has 2 heterocycles. The van der Waals surface area contributed by atoms with E-state index in [9.17, 15) is 0 Å². The lowest BCUT2D eigenvalue weighted by Gasteiger charge is -2.02. The third kappa shape index (κ3) is 1.94. The van der Waals surface area contributed by atoms with Crippen LogP contribution in [0.25, 0.3) is 0 Å². The van der Waals surface area contributed by atoms with E-state index < -0.39 is 0 Å². The summed E-state index contributed by atoms with van der Waals surface area (Å²) in [6.45, 7) is 3.57. The Hall–Kier alpha value is -0.920. The normalized spacial score (nSPS) is 10.7. The van der Waals surface area contributed by atoms with Crippen LogP contribution in [0.1, 0.15) is 12.7 Å². The van der Waals surface area contributed by atoms with Crippen molar-refractivity contribution in [1.29, 1.82) is 0 Å². The Balaban J connectivity index is 2.18. The average molecular weight is 303 g/mol. The largest absolute Gasteiger partial charge is 0.264 e. The van der Waals surface area contributed by atoms with E-state index in [0.717, 1.165) is 16.1 Å². The molecule has 0 amide bonds. The molecule has 0 aliphatic heterocycles. The molecule has 0 bridgehead atoms. The zero-order valence-electron chi connectivity index (χ0n) is 7.76. The first kappa shape index (κ1) is 9.63. The molecule has 0 saturated carbocycles. The summed E-state index contributed by atoms with van der Waals surface area (Å²) in [4.78, 5) is 4.18. The van der Waals surface area contributed by atoms with E-state index in [-0.39, 0.29) is 0 Å². The molecule has 0 radical (unpaired) electrons. The van der Waals surface area contributed by atoms with Gasteiger partial charge >= 0.3 is 0 Å². The molecule has 0 fully saturated rings. The SMILES string of the molecule is CCn1ncnc1Cn1ccc(I)n1. The average Bonchev–Trinajstić information content (AvgIpc) is 2.76. The first-order valence-electron chi connectivity index (χ1n) is 4.35. The van der Waals surface area contributed by atoms with Crippen LogP contribution >= 0.6 is 22.6 Å². The quantitative estimate of drug-likeness (QED) is 0.799. The molecule has 0 N–H and O–H groups in total. The number of halogens is 1. The number of hydrogen-bond acceptors (Lipinski definition) is 3. The van der Waals surface area contributed by atoms with Gasteiger partial charge < -0.3 is 0 Å². The lowest BCUT2D eigenvalue weighted by Crippen LogP contribution is -2.09. The highest BCUT2D eigenvalue weighted by Gasteiger charge is 2.03. The summed E-state index contributed by atoms with van der Waals surface area (Å²) in [5.41, 5.74) is 0. The monoisotopic (exact) mass is 303 g/mol. The van der Waals surface area contributed by atoms with Crippen molar-refractivity contribution in [1.82, 2.24) is 24.5 Å². The summed E-state index contributed by atoms with van der Waals surface area (Å²) in [6.07, 6.45) is 3.52. The second-order valence-electron chi connectivity index (χ2n) is 2.83. The van der Waals surface area contributed by atoms with E-state index in [2.05, 4.69) is 37.8 Å². The maximum atomic E-state index is 4.28. The Kier molecular flexibility index (Phi) is 2.80. The third-order valence-electron chi connectivity index (χ3n) is 1.91. The molecule has 2 aromatic rings. The van der Waals surface area contributed by atoms with Gasteiger partial charge in [-0.1, -0.05) is 0 Å². The maximum absolute atomic E-state index is 4.28. The Morgan fingerprint density at radius 3 is 3.00 bits per heavy atom. The maximum Gasteiger partial charge on any atom is 0.148 e. The number of nitrogens with zero attached hydrogens (tertiary/aromatic N) is 5. The first-order chi connectivity index (χ1) is 6.79. The van der Waals surface area contributed by atoms with Gasteiger partial charge in [-0.05, 0) is 35.6 Å². The Labute approximate surface area is 95.3 Å². The van der Waals surface area contributed by atoms with E-state index in [1.165, 1.54) is 0 Å². The highest BCUT2D eigenvalue weighted by Crippen LogP contribution is 2.02. The van der Waals surface area contributed by atoms with Gasteiger partial charge in [0.05, 0.1) is 0 Å². The fraction of sp³-hybridized carbons (Fsp3) is 0.375. The molecule has 2 aromatic heterocycles. The van der Waals surface area contributed by atoms with Crippen LogP contribution in [0.3, 0.4) is 0 Å². The molecule has 0 unspecified atom stereocenters. The van der Waals surface area contributed by atoms with Crippen LogP contribution in [-0.4, -0.2) is 24.5 Å². The second kappa shape index (κ2) is 4.07. The minimum Gasteiger partial charge on any atom is -0.264 e. The number of hydrogen-bond donors (Lipinski definition) is 0. The summed E-state index contributed by atoms with van der Waals surface area (Å²) in [6, 6.07) is 1.97. The molecule has 0 spiro atoms. The molecule has 0 aromatic carbocycles. The lowest BCUT2D eigenvalue weighted by molar-refractivity contribution is 0.566. The van der Waals surface area contributed by atoms with Crippen LogP contribution < -0.4 is 0 Å². The molecule has 14 heavy (non-hydrogen) atoms. The van der Waals surface area contributed by atoms with Gasteiger partial charge in [-0.25, -0.2) is 9.67 Å². The summed E-state index contributed by atoms with van der Waals surface area (Å²) in [7, 11) is 0. The highest BCUT2D eigenvalue weighted by molar-refractivity contribution is 14.1. The first-order valence-corrected chi connectivity index (χ1v) is 5.43. The van der Waals surface area contributed by atoms with Crippen LogP contribution in [0.15, 0.2) is 18.6 Å². The molecule has 5 nitrogen and oxygen atoms in total. The molecular weight excluding hydrogens is 293 g/mol. The summed E-state index contributed by atoms with van der Waals surface area (Å²) in [5, 5.41) is 8.38. The topological polar surface area (TPSA) is 48.5 Å². The van der Waals surface area contributed by atoms with E-state index in [1.807, 2.05) is 28.6 Å². The fourth-order valence-corrected chi connectivity index (χ4v) is 1.68. The molecular formula is C8H10IN5. The van der Waals surface area contributed by atoms with Crippen molar-refractivity contribution in [2.75, 3.05) is 0 Å². The fourth-order valence-electron chi connectivity index (χ4n) is 1.24. The molecule has 0 aliphatic rings. The van der Waals surface area contributed by atoms with Gasteiger partial charge in [0, 0.05) is 12.7 Å². The minimum absolute atomic E-state index is 0.677. The zero-order valence-corrected chi connectivity index (χ0v) is 9.92. The van der Waals surface area contributed by atoms with Crippen molar-refractivity contribution in [2.45, 2.75) is 20.0 Å². The molecule has 0 aliphatic carbocycles.